The van der Waals surface area contributed by atoms with E-state index in [1.807, 2.05) is 6.92 Å². The maximum atomic E-state index is 11.8. The van der Waals surface area contributed by atoms with Crippen LogP contribution < -0.4 is 5.32 Å². The number of nitrogens with zero attached hydrogens (tertiary/aromatic N) is 2. The van der Waals surface area contributed by atoms with Crippen LogP contribution in [0.25, 0.3) is 0 Å². The number of unbranched alkanes of at least 4 members (excludes halogenated alkanes) is 1. The van der Waals surface area contributed by atoms with Crippen LogP contribution in [0.15, 0.2) is 24.5 Å². The summed E-state index contributed by atoms with van der Waals surface area (Å²) in [6, 6.07) is 3.53. The van der Waals surface area contributed by atoms with Crippen molar-refractivity contribution in [2.75, 3.05) is 19.3 Å². The minimum Gasteiger partial charge on any atom is -0.356 e. The van der Waals surface area contributed by atoms with Gasteiger partial charge in [0.1, 0.15) is 0 Å². The van der Waals surface area contributed by atoms with Crippen LogP contribution in [-0.2, 0) is 21.4 Å². The highest BCUT2D eigenvalue weighted by Gasteiger charge is 2.18. The lowest BCUT2D eigenvalue weighted by atomic mass is 10.2. The van der Waals surface area contributed by atoms with Crippen LogP contribution in [0.2, 0.25) is 0 Å². The molecule has 0 fully saturated rings. The Morgan fingerprint density at radius 1 is 1.33 bits per heavy atom. The van der Waals surface area contributed by atoms with Crippen molar-refractivity contribution in [1.82, 2.24) is 14.6 Å². The highest BCUT2D eigenvalue weighted by molar-refractivity contribution is 7.88. The van der Waals surface area contributed by atoms with Gasteiger partial charge in [0.2, 0.25) is 15.9 Å². The summed E-state index contributed by atoms with van der Waals surface area (Å²) in [5.41, 5.74) is 0.849. The highest BCUT2D eigenvalue weighted by atomic mass is 32.2. The number of rotatable bonds is 9. The lowest BCUT2D eigenvalue weighted by molar-refractivity contribution is -0.121. The molecule has 21 heavy (non-hydrogen) atoms. The number of pyridine rings is 1. The van der Waals surface area contributed by atoms with Crippen molar-refractivity contribution in [2.45, 2.75) is 32.7 Å². The molecule has 0 spiro atoms. The van der Waals surface area contributed by atoms with Gasteiger partial charge in [-0.2, -0.15) is 4.31 Å². The molecular weight excluding hydrogens is 290 g/mol. The molecular formula is C14H23N3O3S. The van der Waals surface area contributed by atoms with E-state index < -0.39 is 10.0 Å². The van der Waals surface area contributed by atoms with Gasteiger partial charge in [-0.1, -0.05) is 13.3 Å². The molecule has 0 atom stereocenters. The van der Waals surface area contributed by atoms with Gasteiger partial charge in [0.25, 0.3) is 0 Å². The Labute approximate surface area is 126 Å². The zero-order valence-corrected chi connectivity index (χ0v) is 13.4. The molecule has 0 aliphatic rings. The Kier molecular flexibility index (Phi) is 7.31. The summed E-state index contributed by atoms with van der Waals surface area (Å²) >= 11 is 0. The molecule has 1 amide bonds. The van der Waals surface area contributed by atoms with E-state index in [2.05, 4.69) is 10.3 Å². The number of amides is 1. The SMILES string of the molecule is CCCCNC(=O)CCN(Cc1ccncc1)S(C)(=O)=O. The lowest BCUT2D eigenvalue weighted by Crippen LogP contribution is -2.34. The second-order valence-electron chi connectivity index (χ2n) is 4.91. The fourth-order valence-corrected chi connectivity index (χ4v) is 2.58. The van der Waals surface area contributed by atoms with Crippen molar-refractivity contribution in [3.63, 3.8) is 0 Å². The van der Waals surface area contributed by atoms with Gasteiger partial charge in [0.15, 0.2) is 0 Å². The van der Waals surface area contributed by atoms with Gasteiger partial charge in [-0.05, 0) is 24.1 Å². The molecule has 1 rings (SSSR count). The first-order valence-corrected chi connectivity index (χ1v) is 8.89. The molecule has 0 radical (unpaired) electrons. The van der Waals surface area contributed by atoms with Gasteiger partial charge in [-0.15, -0.1) is 0 Å². The van der Waals surface area contributed by atoms with E-state index in [1.165, 1.54) is 4.31 Å². The van der Waals surface area contributed by atoms with Crippen molar-refractivity contribution in [2.24, 2.45) is 0 Å². The molecule has 7 heteroatoms. The summed E-state index contributed by atoms with van der Waals surface area (Å²) in [6.45, 7) is 3.12. The fourth-order valence-electron chi connectivity index (χ4n) is 1.77. The molecule has 6 nitrogen and oxygen atoms in total. The smallest absolute Gasteiger partial charge is 0.221 e. The average Bonchev–Trinajstić information content (AvgIpc) is 2.43. The predicted molar refractivity (Wildman–Crippen MR) is 82.0 cm³/mol. The lowest BCUT2D eigenvalue weighted by Gasteiger charge is -2.19. The molecule has 1 N–H and O–H groups in total. The molecule has 1 aromatic rings. The molecule has 0 bridgehead atoms. The third-order valence-electron chi connectivity index (χ3n) is 3.02. The number of hydrogen-bond acceptors (Lipinski definition) is 4. The maximum absolute atomic E-state index is 11.8. The monoisotopic (exact) mass is 313 g/mol. The normalized spacial score (nSPS) is 11.6. The minimum absolute atomic E-state index is 0.119. The summed E-state index contributed by atoms with van der Waals surface area (Å²) in [4.78, 5) is 15.6. The zero-order valence-electron chi connectivity index (χ0n) is 12.6. The van der Waals surface area contributed by atoms with E-state index >= 15 is 0 Å². The van der Waals surface area contributed by atoms with Crippen LogP contribution in [0.4, 0.5) is 0 Å². The topological polar surface area (TPSA) is 79.4 Å². The third-order valence-corrected chi connectivity index (χ3v) is 4.27. The first-order chi connectivity index (χ1) is 9.93. The van der Waals surface area contributed by atoms with E-state index in [1.54, 1.807) is 24.5 Å². The van der Waals surface area contributed by atoms with Gasteiger partial charge >= 0.3 is 0 Å². The quantitative estimate of drug-likeness (QED) is 0.694. The van der Waals surface area contributed by atoms with Gasteiger partial charge in [-0.25, -0.2) is 8.42 Å². The zero-order chi connectivity index (χ0) is 15.7. The fraction of sp³-hybridized carbons (Fsp3) is 0.571. The van der Waals surface area contributed by atoms with Crippen molar-refractivity contribution in [3.8, 4) is 0 Å². The Hall–Kier alpha value is -1.47. The number of sulfonamides is 1. The number of aromatic nitrogens is 1. The van der Waals surface area contributed by atoms with Crippen molar-refractivity contribution in [1.29, 1.82) is 0 Å². The van der Waals surface area contributed by atoms with E-state index in [-0.39, 0.29) is 25.4 Å². The second-order valence-corrected chi connectivity index (χ2v) is 6.89. The first-order valence-electron chi connectivity index (χ1n) is 7.04. The van der Waals surface area contributed by atoms with Crippen LogP contribution >= 0.6 is 0 Å². The van der Waals surface area contributed by atoms with Gasteiger partial charge < -0.3 is 5.32 Å². The summed E-state index contributed by atoms with van der Waals surface area (Å²) in [6.07, 6.45) is 6.50. The number of carbonyl (C=O) groups is 1. The molecule has 0 aromatic carbocycles. The van der Waals surface area contributed by atoms with Crippen molar-refractivity contribution < 1.29 is 13.2 Å². The van der Waals surface area contributed by atoms with Crippen LogP contribution in [-0.4, -0.2) is 43.0 Å². The van der Waals surface area contributed by atoms with E-state index in [0.717, 1.165) is 24.7 Å². The van der Waals surface area contributed by atoms with E-state index in [0.29, 0.717) is 6.54 Å². The van der Waals surface area contributed by atoms with Crippen molar-refractivity contribution in [3.05, 3.63) is 30.1 Å². The molecule has 118 valence electrons. The maximum Gasteiger partial charge on any atom is 0.221 e. The molecule has 0 unspecified atom stereocenters. The summed E-state index contributed by atoms with van der Waals surface area (Å²) in [7, 11) is -3.35. The van der Waals surface area contributed by atoms with E-state index in [9.17, 15) is 13.2 Å². The molecule has 1 aromatic heterocycles. The molecule has 0 saturated carbocycles. The highest BCUT2D eigenvalue weighted by Crippen LogP contribution is 2.08. The van der Waals surface area contributed by atoms with Gasteiger partial charge in [0, 0.05) is 38.4 Å². The number of nitrogens with one attached hydrogen (secondary N) is 1. The summed E-state index contributed by atoms with van der Waals surface area (Å²) in [5, 5.41) is 2.78. The van der Waals surface area contributed by atoms with Gasteiger partial charge in [-0.3, -0.25) is 9.78 Å². The molecule has 0 saturated heterocycles. The van der Waals surface area contributed by atoms with Crippen LogP contribution in [0.5, 0.6) is 0 Å². The van der Waals surface area contributed by atoms with Crippen LogP contribution in [0.1, 0.15) is 31.7 Å². The number of hydrogen-bond donors (Lipinski definition) is 1. The summed E-state index contributed by atoms with van der Waals surface area (Å²) in [5.74, 6) is -0.119. The first kappa shape index (κ1) is 17.6. The minimum atomic E-state index is -3.35. The van der Waals surface area contributed by atoms with Crippen molar-refractivity contribution >= 4 is 15.9 Å². The summed E-state index contributed by atoms with van der Waals surface area (Å²) < 4.78 is 24.9. The predicted octanol–water partition coefficient (Wildman–Crippen LogP) is 1.15. The van der Waals surface area contributed by atoms with E-state index in [4.69, 9.17) is 0 Å². The Morgan fingerprint density at radius 2 is 2.00 bits per heavy atom. The number of carbonyl (C=O) groups excluding carboxylic acids is 1. The average molecular weight is 313 g/mol. The third kappa shape index (κ3) is 7.19. The largest absolute Gasteiger partial charge is 0.356 e. The standard InChI is InChI=1S/C14H23N3O3S/c1-3-4-8-16-14(18)7-11-17(21(2,19)20)12-13-5-9-15-10-6-13/h5-6,9-10H,3-4,7-8,11-12H2,1-2H3,(H,16,18). The van der Waals surface area contributed by atoms with Crippen LogP contribution in [0.3, 0.4) is 0 Å². The second kappa shape index (κ2) is 8.74. The Balaban J connectivity index is 2.54. The Bertz CT molecular complexity index is 532. The molecule has 1 heterocycles. The Morgan fingerprint density at radius 3 is 2.57 bits per heavy atom. The van der Waals surface area contributed by atoms with Crippen LogP contribution in [0, 0.1) is 0 Å². The molecule has 0 aliphatic carbocycles. The molecule has 0 aliphatic heterocycles. The van der Waals surface area contributed by atoms with Gasteiger partial charge in [0.05, 0.1) is 6.26 Å².